The van der Waals surface area contributed by atoms with E-state index in [4.69, 9.17) is 22.1 Å². The van der Waals surface area contributed by atoms with Gasteiger partial charge >= 0.3 is 0 Å². The van der Waals surface area contributed by atoms with Gasteiger partial charge in [-0.25, -0.2) is 4.98 Å². The van der Waals surface area contributed by atoms with Crippen LogP contribution in [0.4, 0.5) is 11.4 Å². The predicted molar refractivity (Wildman–Crippen MR) is 97.8 cm³/mol. The van der Waals surface area contributed by atoms with Crippen LogP contribution in [0.15, 0.2) is 54.9 Å². The fourth-order valence-corrected chi connectivity index (χ4v) is 2.52. The number of methoxy groups -OCH3 is 1. The molecule has 2 heterocycles. The highest BCUT2D eigenvalue weighted by Crippen LogP contribution is 2.28. The maximum absolute atomic E-state index is 12.4. The van der Waals surface area contributed by atoms with Gasteiger partial charge in [-0.1, -0.05) is 17.7 Å². The van der Waals surface area contributed by atoms with Crippen molar-refractivity contribution in [3.63, 3.8) is 0 Å². The van der Waals surface area contributed by atoms with E-state index in [9.17, 15) is 4.79 Å². The molecule has 0 aliphatic carbocycles. The molecule has 0 spiro atoms. The van der Waals surface area contributed by atoms with Crippen molar-refractivity contribution in [2.24, 2.45) is 0 Å². The summed E-state index contributed by atoms with van der Waals surface area (Å²) in [6.07, 6.45) is 3.16. The number of rotatable bonds is 4. The molecule has 25 heavy (non-hydrogen) atoms. The first-order valence-electron chi connectivity index (χ1n) is 7.40. The van der Waals surface area contributed by atoms with Crippen molar-refractivity contribution >= 4 is 28.9 Å². The molecule has 7 heteroatoms. The highest BCUT2D eigenvalue weighted by molar-refractivity contribution is 6.33. The van der Waals surface area contributed by atoms with E-state index in [0.29, 0.717) is 33.5 Å². The van der Waals surface area contributed by atoms with Gasteiger partial charge in [0.1, 0.15) is 0 Å². The minimum absolute atomic E-state index is 0.330. The third-order valence-electron chi connectivity index (χ3n) is 3.53. The summed E-state index contributed by atoms with van der Waals surface area (Å²) in [6.45, 7) is 0. The van der Waals surface area contributed by atoms with Crippen LogP contribution in [-0.4, -0.2) is 23.0 Å². The number of carbonyl (C=O) groups excluding carboxylic acids is 1. The van der Waals surface area contributed by atoms with Crippen LogP contribution in [0, 0.1) is 0 Å². The van der Waals surface area contributed by atoms with Crippen molar-refractivity contribution in [3.05, 3.63) is 65.4 Å². The van der Waals surface area contributed by atoms with Gasteiger partial charge in [0, 0.05) is 23.5 Å². The van der Waals surface area contributed by atoms with Crippen LogP contribution in [-0.2, 0) is 0 Å². The number of aromatic nitrogens is 2. The number of nitrogens with one attached hydrogen (secondary N) is 1. The Morgan fingerprint density at radius 2 is 2.04 bits per heavy atom. The van der Waals surface area contributed by atoms with Crippen molar-refractivity contribution in [3.8, 4) is 17.1 Å². The van der Waals surface area contributed by atoms with E-state index in [-0.39, 0.29) is 5.91 Å². The molecule has 3 rings (SSSR count). The summed E-state index contributed by atoms with van der Waals surface area (Å²) in [4.78, 5) is 20.7. The Morgan fingerprint density at radius 1 is 1.20 bits per heavy atom. The predicted octanol–water partition coefficient (Wildman–Crippen LogP) is 3.64. The third-order valence-corrected chi connectivity index (χ3v) is 3.84. The van der Waals surface area contributed by atoms with Gasteiger partial charge in [-0.2, -0.15) is 0 Å². The topological polar surface area (TPSA) is 90.1 Å². The Balaban J connectivity index is 1.82. The number of nitrogens with two attached hydrogens (primary N) is 1. The van der Waals surface area contributed by atoms with Crippen LogP contribution in [0.2, 0.25) is 5.02 Å². The number of benzene rings is 1. The molecular weight excluding hydrogens is 340 g/mol. The Kier molecular flexibility index (Phi) is 4.81. The molecular formula is C18H15ClN4O2. The number of amides is 1. The molecule has 3 N–H and O–H groups in total. The van der Waals surface area contributed by atoms with E-state index < -0.39 is 0 Å². The van der Waals surface area contributed by atoms with Crippen LogP contribution < -0.4 is 15.8 Å². The van der Waals surface area contributed by atoms with Gasteiger partial charge in [-0.15, -0.1) is 0 Å². The maximum atomic E-state index is 12.4. The zero-order valence-electron chi connectivity index (χ0n) is 13.4. The van der Waals surface area contributed by atoms with Crippen molar-refractivity contribution in [2.45, 2.75) is 0 Å². The van der Waals surface area contributed by atoms with Crippen molar-refractivity contribution in [1.82, 2.24) is 9.97 Å². The van der Waals surface area contributed by atoms with Gasteiger partial charge in [-0.05, 0) is 30.3 Å². The molecule has 3 aromatic rings. The third kappa shape index (κ3) is 3.70. The lowest BCUT2D eigenvalue weighted by atomic mass is 10.1. The number of hydrogen-bond donors (Lipinski definition) is 2. The number of anilines is 2. The van der Waals surface area contributed by atoms with Gasteiger partial charge in [-0.3, -0.25) is 9.78 Å². The lowest BCUT2D eigenvalue weighted by molar-refractivity contribution is 0.102. The number of halogens is 1. The number of nitrogens with zero attached hydrogens (tertiary/aromatic N) is 2. The average Bonchev–Trinajstić information content (AvgIpc) is 2.62. The second-order valence-corrected chi connectivity index (χ2v) is 5.59. The lowest BCUT2D eigenvalue weighted by Gasteiger charge is -2.10. The van der Waals surface area contributed by atoms with E-state index in [1.54, 1.807) is 48.7 Å². The molecule has 0 radical (unpaired) electrons. The first-order valence-corrected chi connectivity index (χ1v) is 7.78. The molecule has 1 aromatic carbocycles. The molecule has 0 aliphatic heterocycles. The van der Waals surface area contributed by atoms with E-state index in [1.807, 2.05) is 0 Å². The van der Waals surface area contributed by atoms with Gasteiger partial charge < -0.3 is 15.8 Å². The molecule has 0 atom stereocenters. The molecule has 126 valence electrons. The van der Waals surface area contributed by atoms with Gasteiger partial charge in [0.15, 0.2) is 0 Å². The van der Waals surface area contributed by atoms with Gasteiger partial charge in [0.25, 0.3) is 5.91 Å². The Labute approximate surface area is 149 Å². The van der Waals surface area contributed by atoms with Crippen LogP contribution in [0.3, 0.4) is 0 Å². The van der Waals surface area contributed by atoms with Crippen molar-refractivity contribution in [2.75, 3.05) is 18.2 Å². The zero-order valence-corrected chi connectivity index (χ0v) is 14.1. The smallest absolute Gasteiger partial charge is 0.257 e. The first-order chi connectivity index (χ1) is 12.1. The summed E-state index contributed by atoms with van der Waals surface area (Å²) < 4.78 is 4.98. The average molecular weight is 355 g/mol. The van der Waals surface area contributed by atoms with Crippen molar-refractivity contribution in [1.29, 1.82) is 0 Å². The summed E-state index contributed by atoms with van der Waals surface area (Å²) in [6, 6.07) is 11.9. The quantitative estimate of drug-likeness (QED) is 0.698. The summed E-state index contributed by atoms with van der Waals surface area (Å²) in [5.41, 5.74) is 8.62. The van der Waals surface area contributed by atoms with Crippen LogP contribution in [0.25, 0.3) is 11.3 Å². The monoisotopic (exact) mass is 354 g/mol. The summed E-state index contributed by atoms with van der Waals surface area (Å²) in [5.74, 6) is 0.136. The highest BCUT2D eigenvalue weighted by atomic mass is 35.5. The molecule has 0 saturated heterocycles. The molecule has 2 aromatic heterocycles. The van der Waals surface area contributed by atoms with Crippen LogP contribution in [0.1, 0.15) is 10.4 Å². The zero-order chi connectivity index (χ0) is 17.8. The highest BCUT2D eigenvalue weighted by Gasteiger charge is 2.13. The summed E-state index contributed by atoms with van der Waals surface area (Å²) in [7, 11) is 1.52. The molecule has 0 aliphatic rings. The minimum atomic E-state index is -0.330. The molecule has 0 unspecified atom stereocenters. The van der Waals surface area contributed by atoms with Gasteiger partial charge in [0.2, 0.25) is 5.88 Å². The van der Waals surface area contributed by atoms with Crippen LogP contribution >= 0.6 is 11.6 Å². The van der Waals surface area contributed by atoms with E-state index in [2.05, 4.69) is 15.3 Å². The number of ether oxygens (including phenoxy) is 1. The Bertz CT molecular complexity index is 913. The Hall–Kier alpha value is -3.12. The fourth-order valence-electron chi connectivity index (χ4n) is 2.29. The SMILES string of the molecule is COc1ccc(NC(=O)c2ccc(-c3ncccc3Cl)cc2N)cn1. The lowest BCUT2D eigenvalue weighted by Crippen LogP contribution is -2.14. The summed E-state index contributed by atoms with van der Waals surface area (Å²) >= 11 is 6.15. The molecule has 6 nitrogen and oxygen atoms in total. The van der Waals surface area contributed by atoms with E-state index in [1.165, 1.54) is 13.3 Å². The first kappa shape index (κ1) is 16.7. The maximum Gasteiger partial charge on any atom is 0.257 e. The Morgan fingerprint density at radius 3 is 2.68 bits per heavy atom. The molecule has 0 saturated carbocycles. The molecule has 1 amide bonds. The summed E-state index contributed by atoms with van der Waals surface area (Å²) in [5, 5.41) is 3.26. The minimum Gasteiger partial charge on any atom is -0.481 e. The van der Waals surface area contributed by atoms with Crippen molar-refractivity contribution < 1.29 is 9.53 Å². The number of nitrogen functional groups attached to an aromatic ring is 1. The number of carbonyl (C=O) groups is 1. The van der Waals surface area contributed by atoms with Gasteiger partial charge in [0.05, 0.1) is 35.3 Å². The normalized spacial score (nSPS) is 10.3. The number of pyridine rings is 2. The van der Waals surface area contributed by atoms with E-state index in [0.717, 1.165) is 5.56 Å². The van der Waals surface area contributed by atoms with Crippen LogP contribution in [0.5, 0.6) is 5.88 Å². The van der Waals surface area contributed by atoms with E-state index >= 15 is 0 Å². The second kappa shape index (κ2) is 7.19. The standard InChI is InChI=1S/C18H15ClN4O2/c1-25-16-7-5-12(10-22-16)23-18(24)13-6-4-11(9-15(13)20)17-14(19)3-2-8-21-17/h2-10H,20H2,1H3,(H,23,24). The number of hydrogen-bond acceptors (Lipinski definition) is 5. The molecule has 0 fully saturated rings. The second-order valence-electron chi connectivity index (χ2n) is 5.18. The largest absolute Gasteiger partial charge is 0.481 e. The fraction of sp³-hybridized carbons (Fsp3) is 0.0556. The molecule has 0 bridgehead atoms.